The Balaban J connectivity index is 0. The van der Waals surface area contributed by atoms with E-state index in [0.29, 0.717) is 0 Å². The van der Waals surface area contributed by atoms with Crippen LogP contribution in [0.5, 0.6) is 0 Å². The molecule has 0 nitrogen and oxygen atoms in total. The molecule has 1 heteroatoms. The van der Waals surface area contributed by atoms with Crippen LogP contribution in [0.25, 0.3) is 0 Å². The Kier molecular flexibility index (Phi) is 17300. The summed E-state index contributed by atoms with van der Waals surface area (Å²) in [6.07, 6.45) is 0. The van der Waals surface area contributed by atoms with Crippen molar-refractivity contribution in [3.8, 4) is 0 Å². The molecule has 0 saturated carbocycles. The molecule has 0 radical (unpaired) electrons. The van der Waals surface area contributed by atoms with Crippen molar-refractivity contribution in [2.45, 2.75) is 0 Å². The standard InChI is InChI=1S/4CH3.Fe/h4*1H3;/q4*-1;+4. The normalized spacial score (nSPS) is 0. The molecule has 0 aliphatic rings. The van der Waals surface area contributed by atoms with E-state index in [4.69, 9.17) is 0 Å². The van der Waals surface area contributed by atoms with E-state index in [2.05, 4.69) is 0 Å². The van der Waals surface area contributed by atoms with Crippen LogP contribution >= 0.6 is 0 Å². The van der Waals surface area contributed by atoms with E-state index in [1.807, 2.05) is 0 Å². The van der Waals surface area contributed by atoms with Crippen molar-refractivity contribution >= 4 is 0 Å². The summed E-state index contributed by atoms with van der Waals surface area (Å²) in [6.45, 7) is 0. The van der Waals surface area contributed by atoms with Crippen LogP contribution in [0.2, 0.25) is 0 Å². The molecule has 0 aromatic carbocycles. The van der Waals surface area contributed by atoms with Crippen LogP contribution in [0.3, 0.4) is 0 Å². The van der Waals surface area contributed by atoms with Gasteiger partial charge in [0.25, 0.3) is 0 Å². The minimum Gasteiger partial charge on any atom is -0.358 e. The molecule has 0 spiro atoms. The van der Waals surface area contributed by atoms with Crippen LogP contribution in [0, 0.1) is 29.7 Å². The Morgan fingerprint density at radius 2 is 0.400 bits per heavy atom. The van der Waals surface area contributed by atoms with Crippen molar-refractivity contribution in [1.29, 1.82) is 0 Å². The number of hydrogen-bond donors (Lipinski definition) is 0. The van der Waals surface area contributed by atoms with E-state index in [9.17, 15) is 0 Å². The fraction of sp³-hybridized carbons (Fsp3) is 0. The van der Waals surface area contributed by atoms with Gasteiger partial charge in [-0.15, -0.1) is 0 Å². The molecule has 0 fully saturated rings. The molecule has 0 heterocycles. The molecule has 0 atom stereocenters. The summed E-state index contributed by atoms with van der Waals surface area (Å²) in [5.74, 6) is 0. The van der Waals surface area contributed by atoms with Crippen LogP contribution in [0.15, 0.2) is 0 Å². The van der Waals surface area contributed by atoms with Gasteiger partial charge in [0, 0.05) is 0 Å². The average Bonchev–Trinajstić information content (AvgIpc) is 0. The second-order valence-electron chi connectivity index (χ2n) is 0. The monoisotopic (exact) mass is 116 g/mol. The van der Waals surface area contributed by atoms with Gasteiger partial charge < -0.3 is 29.7 Å². The molecule has 0 rings (SSSR count). The van der Waals surface area contributed by atoms with Crippen LogP contribution in [-0.4, -0.2) is 0 Å². The maximum atomic E-state index is 0. The summed E-state index contributed by atoms with van der Waals surface area (Å²) in [5, 5.41) is 0. The van der Waals surface area contributed by atoms with E-state index in [-0.39, 0.29) is 46.8 Å². The second kappa shape index (κ2) is 207. The summed E-state index contributed by atoms with van der Waals surface area (Å²) in [4.78, 5) is 0. The predicted octanol–water partition coefficient (Wildman–Crippen LogP) is 1.80. The van der Waals surface area contributed by atoms with Gasteiger partial charge in [0.2, 0.25) is 0 Å². The molecule has 0 N–H and O–H groups in total. The fourth-order valence-corrected chi connectivity index (χ4v) is 0. The number of rotatable bonds is 0. The third-order valence-corrected chi connectivity index (χ3v) is 0. The largest absolute Gasteiger partial charge is 4.00 e. The average molecular weight is 116 g/mol. The van der Waals surface area contributed by atoms with E-state index in [0.717, 1.165) is 0 Å². The van der Waals surface area contributed by atoms with Crippen molar-refractivity contribution in [2.75, 3.05) is 0 Å². The van der Waals surface area contributed by atoms with E-state index < -0.39 is 0 Å². The van der Waals surface area contributed by atoms with Gasteiger partial charge in [-0.1, -0.05) is 0 Å². The molecular formula is C4H12Fe. The zero-order valence-electron chi connectivity index (χ0n) is 4.35. The first-order valence-electron chi connectivity index (χ1n) is 0. The molecule has 0 aliphatic carbocycles. The van der Waals surface area contributed by atoms with Crippen molar-refractivity contribution in [3.05, 3.63) is 29.7 Å². The van der Waals surface area contributed by atoms with Crippen molar-refractivity contribution in [2.24, 2.45) is 0 Å². The van der Waals surface area contributed by atoms with E-state index in [1.165, 1.54) is 0 Å². The van der Waals surface area contributed by atoms with Crippen LogP contribution in [0.1, 0.15) is 0 Å². The molecule has 0 saturated heterocycles. The molecular weight excluding hydrogens is 104 g/mol. The van der Waals surface area contributed by atoms with Gasteiger partial charge in [-0.25, -0.2) is 0 Å². The molecule has 0 bridgehead atoms. The van der Waals surface area contributed by atoms with Crippen LogP contribution in [-0.2, 0) is 17.1 Å². The molecule has 0 unspecified atom stereocenters. The minimum absolute atomic E-state index is 0. The minimum atomic E-state index is 0. The van der Waals surface area contributed by atoms with Gasteiger partial charge in [0.05, 0.1) is 0 Å². The zero-order chi connectivity index (χ0) is 0. The SMILES string of the molecule is [CH3-].[CH3-].[CH3-].[CH3-].[Fe+4]. The predicted molar refractivity (Wildman–Crippen MR) is 25.7 cm³/mol. The van der Waals surface area contributed by atoms with Gasteiger partial charge in [-0.3, -0.25) is 0 Å². The van der Waals surface area contributed by atoms with E-state index in [1.54, 1.807) is 0 Å². The van der Waals surface area contributed by atoms with Crippen molar-refractivity contribution in [3.63, 3.8) is 0 Å². The van der Waals surface area contributed by atoms with Crippen molar-refractivity contribution in [1.82, 2.24) is 0 Å². The fourth-order valence-electron chi connectivity index (χ4n) is 0. The summed E-state index contributed by atoms with van der Waals surface area (Å²) >= 11 is 0. The smallest absolute Gasteiger partial charge is 0.358 e. The molecule has 5 heavy (non-hydrogen) atoms. The Morgan fingerprint density at radius 1 is 0.400 bits per heavy atom. The molecule has 0 aromatic rings. The number of hydrogen-bond acceptors (Lipinski definition) is 0. The summed E-state index contributed by atoms with van der Waals surface area (Å²) in [6, 6.07) is 0. The summed E-state index contributed by atoms with van der Waals surface area (Å²) < 4.78 is 0. The molecule has 0 aromatic heterocycles. The third kappa shape index (κ3) is 106. The van der Waals surface area contributed by atoms with Gasteiger partial charge in [-0.2, -0.15) is 0 Å². The Morgan fingerprint density at radius 3 is 0.400 bits per heavy atom. The van der Waals surface area contributed by atoms with Gasteiger partial charge >= 0.3 is 17.1 Å². The maximum absolute atomic E-state index is 0. The zero-order valence-corrected chi connectivity index (χ0v) is 5.46. The van der Waals surface area contributed by atoms with E-state index >= 15 is 0 Å². The first-order chi connectivity index (χ1) is 0. The second-order valence-corrected chi connectivity index (χ2v) is 0. The van der Waals surface area contributed by atoms with Crippen molar-refractivity contribution < 1.29 is 17.1 Å². The Hall–Kier alpha value is 0.519. The van der Waals surface area contributed by atoms with Crippen LogP contribution in [0.4, 0.5) is 0 Å². The van der Waals surface area contributed by atoms with Gasteiger partial charge in [0.1, 0.15) is 0 Å². The van der Waals surface area contributed by atoms with Gasteiger partial charge in [0.15, 0.2) is 0 Å². The first-order valence-corrected chi connectivity index (χ1v) is 0. The molecule has 0 aliphatic heterocycles. The Bertz CT molecular complexity index is 3.61. The Labute approximate surface area is 47.4 Å². The molecule has 0 amide bonds. The van der Waals surface area contributed by atoms with Gasteiger partial charge in [-0.05, 0) is 0 Å². The van der Waals surface area contributed by atoms with Crippen LogP contribution < -0.4 is 0 Å². The first kappa shape index (κ1) is 418. The quantitative estimate of drug-likeness (QED) is 0.334. The molecule has 36 valence electrons. The maximum Gasteiger partial charge on any atom is 4.00 e. The third-order valence-electron chi connectivity index (χ3n) is 0. The summed E-state index contributed by atoms with van der Waals surface area (Å²) in [5.41, 5.74) is 0. The summed E-state index contributed by atoms with van der Waals surface area (Å²) in [7, 11) is 0. The topological polar surface area (TPSA) is 0 Å².